The van der Waals surface area contributed by atoms with Gasteiger partial charge in [-0.3, -0.25) is 0 Å². The molecule has 0 aliphatic heterocycles. The molecule has 0 saturated heterocycles. The first-order valence-electron chi connectivity index (χ1n) is 4.91. The molecule has 0 N–H and O–H groups in total. The molecule has 0 aliphatic rings. The maximum absolute atomic E-state index is 11.3. The molecular formula is C11H16O2S2. The summed E-state index contributed by atoms with van der Waals surface area (Å²) in [6.07, 6.45) is 2.63. The van der Waals surface area contributed by atoms with Crippen LogP contribution >= 0.6 is 11.8 Å². The Kier molecular flexibility index (Phi) is 4.67. The van der Waals surface area contributed by atoms with Gasteiger partial charge in [-0.1, -0.05) is 19.1 Å². The molecular weight excluding hydrogens is 228 g/mol. The highest BCUT2D eigenvalue weighted by molar-refractivity contribution is 7.98. The van der Waals surface area contributed by atoms with Crippen LogP contribution in [0.25, 0.3) is 0 Å². The summed E-state index contributed by atoms with van der Waals surface area (Å²) in [6.45, 7) is 1.69. The van der Waals surface area contributed by atoms with Crippen LogP contribution < -0.4 is 0 Å². The summed E-state index contributed by atoms with van der Waals surface area (Å²) in [7, 11) is -2.84. The molecule has 1 rings (SSSR count). The third kappa shape index (κ3) is 4.26. The predicted octanol–water partition coefficient (Wildman–Crippen LogP) is 2.39. The molecule has 84 valence electrons. The number of hydrogen-bond acceptors (Lipinski definition) is 3. The molecule has 0 saturated carbocycles. The van der Waals surface area contributed by atoms with E-state index in [-0.39, 0.29) is 11.5 Å². The first kappa shape index (κ1) is 12.6. The molecule has 0 atom stereocenters. The molecule has 0 radical (unpaired) electrons. The molecule has 0 bridgehead atoms. The van der Waals surface area contributed by atoms with Crippen LogP contribution in [0.2, 0.25) is 0 Å². The van der Waals surface area contributed by atoms with E-state index in [1.165, 1.54) is 4.90 Å². The summed E-state index contributed by atoms with van der Waals surface area (Å²) in [5, 5.41) is 0. The number of sulfone groups is 1. The van der Waals surface area contributed by atoms with Crippen molar-refractivity contribution in [2.45, 2.75) is 18.2 Å². The van der Waals surface area contributed by atoms with E-state index in [9.17, 15) is 8.42 Å². The zero-order valence-electron chi connectivity index (χ0n) is 9.06. The van der Waals surface area contributed by atoms with Gasteiger partial charge in [-0.2, -0.15) is 0 Å². The van der Waals surface area contributed by atoms with Gasteiger partial charge >= 0.3 is 0 Å². The van der Waals surface area contributed by atoms with E-state index in [1.807, 2.05) is 24.5 Å². The summed E-state index contributed by atoms with van der Waals surface area (Å²) in [4.78, 5) is 1.18. The van der Waals surface area contributed by atoms with Gasteiger partial charge in [0.15, 0.2) is 0 Å². The molecule has 1 aromatic rings. The Morgan fingerprint density at radius 3 is 2.67 bits per heavy atom. The topological polar surface area (TPSA) is 34.1 Å². The van der Waals surface area contributed by atoms with Gasteiger partial charge in [-0.05, 0) is 30.4 Å². The Balaban J connectivity index is 2.65. The fraction of sp³-hybridized carbons (Fsp3) is 0.455. The highest BCUT2D eigenvalue weighted by atomic mass is 32.2. The van der Waals surface area contributed by atoms with Crippen molar-refractivity contribution in [1.29, 1.82) is 0 Å². The Labute approximate surface area is 96.0 Å². The second kappa shape index (κ2) is 5.56. The molecule has 0 spiro atoms. The summed E-state index contributed by atoms with van der Waals surface area (Å²) in [5.41, 5.74) is 1.10. The number of benzene rings is 1. The molecule has 0 unspecified atom stereocenters. The average molecular weight is 244 g/mol. The van der Waals surface area contributed by atoms with E-state index in [0.717, 1.165) is 5.56 Å². The number of rotatable bonds is 5. The summed E-state index contributed by atoms with van der Waals surface area (Å²) < 4.78 is 22.6. The van der Waals surface area contributed by atoms with Crippen molar-refractivity contribution in [2.24, 2.45) is 0 Å². The third-order valence-electron chi connectivity index (χ3n) is 2.28. The highest BCUT2D eigenvalue weighted by Gasteiger charge is 2.07. The normalized spacial score (nSPS) is 11.6. The van der Waals surface area contributed by atoms with Crippen molar-refractivity contribution < 1.29 is 8.42 Å². The molecule has 1 aromatic carbocycles. The van der Waals surface area contributed by atoms with Crippen LogP contribution in [0.3, 0.4) is 0 Å². The van der Waals surface area contributed by atoms with Gasteiger partial charge < -0.3 is 0 Å². The lowest BCUT2D eigenvalue weighted by Crippen LogP contribution is -2.10. The predicted molar refractivity (Wildman–Crippen MR) is 66.3 cm³/mol. The SMILES string of the molecule is CCS(=O)(=O)CCc1cccc(SC)c1. The van der Waals surface area contributed by atoms with Crippen molar-refractivity contribution >= 4 is 21.6 Å². The fourth-order valence-electron chi connectivity index (χ4n) is 1.25. The monoisotopic (exact) mass is 244 g/mol. The molecule has 0 fully saturated rings. The first-order valence-corrected chi connectivity index (χ1v) is 7.95. The van der Waals surface area contributed by atoms with Crippen molar-refractivity contribution in [1.82, 2.24) is 0 Å². The van der Waals surface area contributed by atoms with Crippen LogP contribution in [0.5, 0.6) is 0 Å². The van der Waals surface area contributed by atoms with Crippen LogP contribution in [-0.2, 0) is 16.3 Å². The molecule has 0 aromatic heterocycles. The van der Waals surface area contributed by atoms with E-state index in [4.69, 9.17) is 0 Å². The van der Waals surface area contributed by atoms with Crippen molar-refractivity contribution in [3.63, 3.8) is 0 Å². The standard InChI is InChI=1S/C11H16O2S2/c1-3-15(12,13)8-7-10-5-4-6-11(9-10)14-2/h4-6,9H,3,7-8H2,1-2H3. The van der Waals surface area contributed by atoms with Gasteiger partial charge in [0, 0.05) is 10.6 Å². The fourth-order valence-corrected chi connectivity index (χ4v) is 2.56. The molecule has 0 amide bonds. The zero-order chi connectivity index (χ0) is 11.3. The van der Waals surface area contributed by atoms with E-state index < -0.39 is 9.84 Å². The Hall–Kier alpha value is -0.480. The molecule has 0 aliphatic carbocycles. The Morgan fingerprint density at radius 1 is 1.33 bits per heavy atom. The van der Waals surface area contributed by atoms with Gasteiger partial charge in [0.05, 0.1) is 5.75 Å². The number of hydrogen-bond donors (Lipinski definition) is 0. The lowest BCUT2D eigenvalue weighted by molar-refractivity contribution is 0.596. The van der Waals surface area contributed by atoms with Gasteiger partial charge in [-0.25, -0.2) is 8.42 Å². The molecule has 0 heterocycles. The van der Waals surface area contributed by atoms with Crippen molar-refractivity contribution in [2.75, 3.05) is 17.8 Å². The van der Waals surface area contributed by atoms with Gasteiger partial charge in [0.25, 0.3) is 0 Å². The molecule has 4 heteroatoms. The van der Waals surface area contributed by atoms with E-state index in [1.54, 1.807) is 18.7 Å². The van der Waals surface area contributed by atoms with Crippen molar-refractivity contribution in [3.8, 4) is 0 Å². The van der Waals surface area contributed by atoms with E-state index >= 15 is 0 Å². The average Bonchev–Trinajstić information content (AvgIpc) is 2.27. The second-order valence-electron chi connectivity index (χ2n) is 3.34. The maximum atomic E-state index is 11.3. The Morgan fingerprint density at radius 2 is 2.07 bits per heavy atom. The summed E-state index contributed by atoms with van der Waals surface area (Å²) >= 11 is 1.67. The number of aryl methyl sites for hydroxylation is 1. The minimum Gasteiger partial charge on any atom is -0.229 e. The van der Waals surface area contributed by atoms with Crippen LogP contribution in [0.1, 0.15) is 12.5 Å². The first-order chi connectivity index (χ1) is 7.07. The van der Waals surface area contributed by atoms with Crippen LogP contribution in [0, 0.1) is 0 Å². The minimum absolute atomic E-state index is 0.231. The maximum Gasteiger partial charge on any atom is 0.150 e. The summed E-state index contributed by atoms with van der Waals surface area (Å²) in [6, 6.07) is 8.03. The highest BCUT2D eigenvalue weighted by Crippen LogP contribution is 2.16. The largest absolute Gasteiger partial charge is 0.229 e. The van der Waals surface area contributed by atoms with Crippen LogP contribution in [0.15, 0.2) is 29.2 Å². The lowest BCUT2D eigenvalue weighted by Gasteiger charge is -2.03. The van der Waals surface area contributed by atoms with Gasteiger partial charge in [-0.15, -0.1) is 11.8 Å². The minimum atomic E-state index is -2.84. The van der Waals surface area contributed by atoms with E-state index in [0.29, 0.717) is 6.42 Å². The smallest absolute Gasteiger partial charge is 0.150 e. The second-order valence-corrected chi connectivity index (χ2v) is 6.69. The third-order valence-corrected chi connectivity index (χ3v) is 4.71. The van der Waals surface area contributed by atoms with Crippen LogP contribution in [-0.4, -0.2) is 26.2 Å². The quantitative estimate of drug-likeness (QED) is 0.746. The lowest BCUT2D eigenvalue weighted by atomic mass is 10.2. The Bertz CT molecular complexity index is 410. The molecule has 2 nitrogen and oxygen atoms in total. The van der Waals surface area contributed by atoms with Crippen LogP contribution in [0.4, 0.5) is 0 Å². The number of thioether (sulfide) groups is 1. The zero-order valence-corrected chi connectivity index (χ0v) is 10.7. The molecule has 15 heavy (non-hydrogen) atoms. The van der Waals surface area contributed by atoms with Crippen molar-refractivity contribution in [3.05, 3.63) is 29.8 Å². The summed E-state index contributed by atoms with van der Waals surface area (Å²) in [5.74, 6) is 0.483. The van der Waals surface area contributed by atoms with Gasteiger partial charge in [0.1, 0.15) is 9.84 Å². The van der Waals surface area contributed by atoms with Gasteiger partial charge in [0.2, 0.25) is 0 Å². The van der Waals surface area contributed by atoms with E-state index in [2.05, 4.69) is 6.07 Å².